The summed E-state index contributed by atoms with van der Waals surface area (Å²) in [7, 11) is 0. The number of benzene rings is 1. The van der Waals surface area contributed by atoms with E-state index < -0.39 is 0 Å². The molecule has 1 heterocycles. The van der Waals surface area contributed by atoms with E-state index in [4.69, 9.17) is 4.74 Å². The fourth-order valence-corrected chi connectivity index (χ4v) is 1.78. The topological polar surface area (TPSA) is 26.3 Å². The van der Waals surface area contributed by atoms with Crippen molar-refractivity contribution in [3.05, 3.63) is 41.4 Å². The number of hydrogen-bond donors (Lipinski definition) is 0. The van der Waals surface area contributed by atoms with Crippen LogP contribution in [0.25, 0.3) is 0 Å². The number of carbonyl (C=O) groups is 1. The van der Waals surface area contributed by atoms with Gasteiger partial charge in [-0.2, -0.15) is 0 Å². The van der Waals surface area contributed by atoms with Gasteiger partial charge in [0.05, 0.1) is 4.43 Å². The second-order valence-electron chi connectivity index (χ2n) is 3.18. The smallest absolute Gasteiger partial charge is 0.207 e. The highest BCUT2D eigenvalue weighted by atomic mass is 127. The van der Waals surface area contributed by atoms with E-state index in [1.165, 1.54) is 12.1 Å². The van der Waals surface area contributed by atoms with Crippen molar-refractivity contribution < 1.29 is 13.9 Å². The molecule has 2 nitrogen and oxygen atoms in total. The Balaban J connectivity index is 2.27. The summed E-state index contributed by atoms with van der Waals surface area (Å²) in [5.74, 6) is 0.621. The maximum absolute atomic E-state index is 12.9. The lowest BCUT2D eigenvalue weighted by Crippen LogP contribution is -2.14. The summed E-state index contributed by atoms with van der Waals surface area (Å²) >= 11 is 1.99. The van der Waals surface area contributed by atoms with Gasteiger partial charge in [-0.1, -0.05) is 22.6 Å². The Morgan fingerprint density at radius 1 is 1.53 bits per heavy atom. The first kappa shape index (κ1) is 10.6. The van der Waals surface area contributed by atoms with E-state index in [1.54, 1.807) is 12.1 Å². The fourth-order valence-electron chi connectivity index (χ4n) is 1.41. The van der Waals surface area contributed by atoms with Gasteiger partial charge in [-0.05, 0) is 30.7 Å². The number of allylic oxidation sites excluding steroid dienone is 2. The summed E-state index contributed by atoms with van der Waals surface area (Å²) in [6.07, 6.45) is 2.24. The van der Waals surface area contributed by atoms with Crippen LogP contribution in [0.3, 0.4) is 0 Å². The zero-order valence-corrected chi connectivity index (χ0v) is 9.95. The van der Waals surface area contributed by atoms with Crippen molar-refractivity contribution in [2.24, 2.45) is 0 Å². The number of carbonyl (C=O) groups excluding carboxylic acids is 1. The molecule has 0 bridgehead atoms. The van der Waals surface area contributed by atoms with Crippen molar-refractivity contribution >= 4 is 28.4 Å². The Morgan fingerprint density at radius 3 is 3.07 bits per heavy atom. The molecule has 0 N–H and O–H groups in total. The molecular formula is C11H8FIO2. The highest BCUT2D eigenvalue weighted by molar-refractivity contribution is 14.1. The molecule has 0 radical (unpaired) electrons. The Kier molecular flexibility index (Phi) is 3.04. The molecule has 0 fully saturated rings. The van der Waals surface area contributed by atoms with Crippen molar-refractivity contribution in [3.8, 4) is 5.75 Å². The molecule has 15 heavy (non-hydrogen) atoms. The summed E-state index contributed by atoms with van der Waals surface area (Å²) in [5.41, 5.74) is 0.778. The standard InChI is InChI=1S/C11H8FIO2/c12-8-2-4-10-7(5-8)1-3-11(15-10)9(14)6-13/h2-5H,1,6H2. The Bertz CT molecular complexity index is 440. The minimum Gasteiger partial charge on any atom is -0.454 e. The van der Waals surface area contributed by atoms with E-state index in [1.807, 2.05) is 22.6 Å². The SMILES string of the molecule is O=C(CI)C1=CCc2cc(F)ccc2O1. The number of ether oxygens (including phenoxy) is 1. The molecule has 0 atom stereocenters. The quantitative estimate of drug-likeness (QED) is 0.619. The Hall–Kier alpha value is -0.910. The largest absolute Gasteiger partial charge is 0.454 e. The van der Waals surface area contributed by atoms with E-state index in [0.29, 0.717) is 22.4 Å². The van der Waals surface area contributed by atoms with Gasteiger partial charge in [0.2, 0.25) is 5.78 Å². The number of halogens is 2. The first-order chi connectivity index (χ1) is 7.20. The molecule has 1 aromatic rings. The number of hydrogen-bond acceptors (Lipinski definition) is 2. The minimum atomic E-state index is -0.283. The van der Waals surface area contributed by atoms with Crippen LogP contribution in [0, 0.1) is 5.82 Å². The van der Waals surface area contributed by atoms with Gasteiger partial charge in [-0.25, -0.2) is 4.39 Å². The molecule has 0 amide bonds. The predicted octanol–water partition coefficient (Wildman–Crippen LogP) is 2.65. The van der Waals surface area contributed by atoms with Crippen LogP contribution in [0.15, 0.2) is 30.0 Å². The van der Waals surface area contributed by atoms with Gasteiger partial charge in [-0.3, -0.25) is 4.79 Å². The molecule has 1 aliphatic heterocycles. The fraction of sp³-hybridized carbons (Fsp3) is 0.182. The van der Waals surface area contributed by atoms with Gasteiger partial charge in [-0.15, -0.1) is 0 Å². The molecule has 4 heteroatoms. The van der Waals surface area contributed by atoms with Crippen LogP contribution in [0.5, 0.6) is 5.75 Å². The number of Topliss-reactive ketones (excluding diaryl/α,β-unsaturated/α-hetero) is 1. The average Bonchev–Trinajstić information content (AvgIpc) is 2.27. The summed E-state index contributed by atoms with van der Waals surface area (Å²) in [6.45, 7) is 0. The number of ketones is 1. The third kappa shape index (κ3) is 2.19. The van der Waals surface area contributed by atoms with E-state index >= 15 is 0 Å². The molecule has 78 valence electrons. The number of fused-ring (bicyclic) bond motifs is 1. The van der Waals surface area contributed by atoms with E-state index in [0.717, 1.165) is 5.56 Å². The van der Waals surface area contributed by atoms with Gasteiger partial charge in [0.1, 0.15) is 11.6 Å². The molecule has 2 rings (SSSR count). The van der Waals surface area contributed by atoms with Gasteiger partial charge in [0.25, 0.3) is 0 Å². The zero-order chi connectivity index (χ0) is 10.8. The van der Waals surface area contributed by atoms with E-state index in [9.17, 15) is 9.18 Å². The molecule has 1 aliphatic rings. The molecule has 1 aromatic carbocycles. The molecular weight excluding hydrogens is 310 g/mol. The lowest BCUT2D eigenvalue weighted by molar-refractivity contribution is -0.115. The maximum atomic E-state index is 12.9. The van der Waals surface area contributed by atoms with Gasteiger partial charge >= 0.3 is 0 Å². The lowest BCUT2D eigenvalue weighted by atomic mass is 10.1. The predicted molar refractivity (Wildman–Crippen MR) is 62.7 cm³/mol. The first-order valence-electron chi connectivity index (χ1n) is 4.46. The van der Waals surface area contributed by atoms with Crippen LogP contribution in [0.4, 0.5) is 4.39 Å². The van der Waals surface area contributed by atoms with Crippen LogP contribution in [0.1, 0.15) is 5.56 Å². The van der Waals surface area contributed by atoms with Crippen molar-refractivity contribution in [2.75, 3.05) is 4.43 Å². The third-order valence-electron chi connectivity index (χ3n) is 2.15. The minimum absolute atomic E-state index is 0.0365. The van der Waals surface area contributed by atoms with Crippen molar-refractivity contribution in [1.82, 2.24) is 0 Å². The van der Waals surface area contributed by atoms with E-state index in [-0.39, 0.29) is 11.6 Å². The third-order valence-corrected chi connectivity index (χ3v) is 2.84. The second-order valence-corrected chi connectivity index (χ2v) is 3.95. The van der Waals surface area contributed by atoms with Gasteiger partial charge < -0.3 is 4.74 Å². The molecule has 0 spiro atoms. The van der Waals surface area contributed by atoms with Crippen LogP contribution >= 0.6 is 22.6 Å². The van der Waals surface area contributed by atoms with Crippen LogP contribution in [0.2, 0.25) is 0 Å². The summed E-state index contributed by atoms with van der Waals surface area (Å²) in [4.78, 5) is 11.4. The molecule has 0 saturated carbocycles. The van der Waals surface area contributed by atoms with Crippen molar-refractivity contribution in [2.45, 2.75) is 6.42 Å². The highest BCUT2D eigenvalue weighted by Crippen LogP contribution is 2.27. The Morgan fingerprint density at radius 2 is 2.33 bits per heavy atom. The lowest BCUT2D eigenvalue weighted by Gasteiger charge is -2.16. The van der Waals surface area contributed by atoms with Crippen molar-refractivity contribution in [3.63, 3.8) is 0 Å². The summed E-state index contributed by atoms with van der Waals surface area (Å²) in [5, 5.41) is 0. The molecule has 0 saturated heterocycles. The van der Waals surface area contributed by atoms with E-state index in [2.05, 4.69) is 0 Å². The molecule has 0 unspecified atom stereocenters. The molecule has 0 aromatic heterocycles. The van der Waals surface area contributed by atoms with Gasteiger partial charge in [0.15, 0.2) is 5.76 Å². The first-order valence-corrected chi connectivity index (χ1v) is 5.99. The number of rotatable bonds is 2. The monoisotopic (exact) mass is 318 g/mol. The van der Waals surface area contributed by atoms with Gasteiger partial charge in [0, 0.05) is 5.56 Å². The Labute approximate surface area is 100 Å². The second kappa shape index (κ2) is 4.30. The average molecular weight is 318 g/mol. The maximum Gasteiger partial charge on any atom is 0.207 e. The number of alkyl halides is 1. The van der Waals surface area contributed by atoms with Crippen LogP contribution in [-0.4, -0.2) is 10.2 Å². The summed E-state index contributed by atoms with van der Waals surface area (Å²) < 4.78 is 18.6. The normalized spacial score (nSPS) is 13.9. The summed E-state index contributed by atoms with van der Waals surface area (Å²) in [6, 6.07) is 4.31. The zero-order valence-electron chi connectivity index (χ0n) is 7.80. The van der Waals surface area contributed by atoms with Crippen LogP contribution < -0.4 is 4.74 Å². The highest BCUT2D eigenvalue weighted by Gasteiger charge is 2.17. The van der Waals surface area contributed by atoms with Crippen molar-refractivity contribution in [1.29, 1.82) is 0 Å². The van der Waals surface area contributed by atoms with Crippen LogP contribution in [-0.2, 0) is 11.2 Å². The molecule has 0 aliphatic carbocycles.